The molecule has 192 valence electrons. The predicted octanol–water partition coefficient (Wildman–Crippen LogP) is 9.21. The number of benzene rings is 2. The van der Waals surface area contributed by atoms with E-state index in [4.69, 9.17) is 15.2 Å². The van der Waals surface area contributed by atoms with E-state index in [1.165, 1.54) is 96.3 Å². The van der Waals surface area contributed by atoms with Gasteiger partial charge in [-0.3, -0.25) is 0 Å². The highest BCUT2D eigenvalue weighted by molar-refractivity contribution is 5.93. The Bertz CT molecular complexity index is 745. The first-order valence-electron chi connectivity index (χ1n) is 14.3. The summed E-state index contributed by atoms with van der Waals surface area (Å²) in [6.45, 7) is 4.38. The van der Waals surface area contributed by atoms with E-state index in [1.807, 2.05) is 12.1 Å². The minimum absolute atomic E-state index is 0.651. The fourth-order valence-corrected chi connectivity index (χ4v) is 4.60. The number of rotatable bonds is 22. The Morgan fingerprint density at radius 3 is 1.29 bits per heavy atom. The molecule has 0 aliphatic rings. The van der Waals surface area contributed by atoms with Gasteiger partial charge in [-0.05, 0) is 31.5 Å². The van der Waals surface area contributed by atoms with E-state index in [1.54, 1.807) is 0 Å². The Morgan fingerprint density at radius 2 is 0.882 bits per heavy atom. The van der Waals surface area contributed by atoms with Crippen LogP contribution in [0.3, 0.4) is 0 Å². The van der Waals surface area contributed by atoms with E-state index in [-0.39, 0.29) is 0 Å². The lowest BCUT2D eigenvalue weighted by Crippen LogP contribution is -2.06. The molecule has 0 aromatic heterocycles. The smallest absolute Gasteiger partial charge is 0.127 e. The van der Waals surface area contributed by atoms with Gasteiger partial charge in [0.15, 0.2) is 0 Å². The highest BCUT2D eigenvalue weighted by atomic mass is 16.5. The number of hydrogen-bond acceptors (Lipinski definition) is 3. The van der Waals surface area contributed by atoms with Gasteiger partial charge in [-0.1, -0.05) is 128 Å². The summed E-state index contributed by atoms with van der Waals surface area (Å²) in [5, 5.41) is 2.24. The molecule has 0 heterocycles. The number of hydrogen-bond donors (Lipinski definition) is 1. The normalized spacial score (nSPS) is 11.2. The Balaban J connectivity index is 1.48. The van der Waals surface area contributed by atoms with Gasteiger partial charge in [0.1, 0.15) is 11.5 Å². The second-order valence-electron chi connectivity index (χ2n) is 9.75. The average Bonchev–Trinajstić information content (AvgIpc) is 2.86. The standard InChI is InChI=1S/C31H51NO2/c1-2-3-4-5-6-7-8-9-10-11-12-13-14-15-16-17-26-33-30-23-18-22-29-28(30)21-19-24-31(29)34-27-20-25-32/h18-19,21-24H,2-17,20,25-27,32H2,1H3. The molecule has 3 heteroatoms. The van der Waals surface area contributed by atoms with Crippen molar-refractivity contribution in [3.05, 3.63) is 36.4 Å². The summed E-state index contributed by atoms with van der Waals surface area (Å²) in [6, 6.07) is 12.4. The van der Waals surface area contributed by atoms with Gasteiger partial charge in [0.05, 0.1) is 13.2 Å². The van der Waals surface area contributed by atoms with Gasteiger partial charge in [-0.15, -0.1) is 0 Å². The van der Waals surface area contributed by atoms with Gasteiger partial charge in [0.2, 0.25) is 0 Å². The number of nitrogens with two attached hydrogens (primary N) is 1. The van der Waals surface area contributed by atoms with Crippen LogP contribution in [0.5, 0.6) is 11.5 Å². The lowest BCUT2D eigenvalue weighted by molar-refractivity contribution is 0.306. The molecule has 0 saturated carbocycles. The van der Waals surface area contributed by atoms with Crippen molar-refractivity contribution in [2.24, 2.45) is 5.73 Å². The molecule has 0 unspecified atom stereocenters. The quantitative estimate of drug-likeness (QED) is 0.175. The molecule has 2 rings (SSSR count). The number of unbranched alkanes of at least 4 members (excludes halogenated alkanes) is 15. The van der Waals surface area contributed by atoms with E-state index < -0.39 is 0 Å². The summed E-state index contributed by atoms with van der Waals surface area (Å²) in [6.07, 6.45) is 23.1. The van der Waals surface area contributed by atoms with E-state index in [9.17, 15) is 0 Å². The molecular weight excluding hydrogens is 418 g/mol. The summed E-state index contributed by atoms with van der Waals surface area (Å²) in [7, 11) is 0. The second-order valence-corrected chi connectivity index (χ2v) is 9.75. The maximum atomic E-state index is 6.14. The van der Waals surface area contributed by atoms with Crippen LogP contribution in [0.2, 0.25) is 0 Å². The molecular formula is C31H51NO2. The summed E-state index contributed by atoms with van der Waals surface area (Å²) in [5.41, 5.74) is 5.58. The van der Waals surface area contributed by atoms with Crippen LogP contribution in [0.4, 0.5) is 0 Å². The van der Waals surface area contributed by atoms with Crippen LogP contribution >= 0.6 is 0 Å². The van der Waals surface area contributed by atoms with Gasteiger partial charge in [-0.25, -0.2) is 0 Å². The fraction of sp³-hybridized carbons (Fsp3) is 0.677. The van der Waals surface area contributed by atoms with Crippen molar-refractivity contribution in [3.8, 4) is 11.5 Å². The minimum atomic E-state index is 0.651. The molecule has 0 bridgehead atoms. The monoisotopic (exact) mass is 469 g/mol. The third-order valence-corrected chi connectivity index (χ3v) is 6.70. The average molecular weight is 470 g/mol. The molecule has 2 aromatic rings. The summed E-state index contributed by atoms with van der Waals surface area (Å²) in [4.78, 5) is 0. The molecule has 0 aliphatic heterocycles. The van der Waals surface area contributed by atoms with Crippen molar-refractivity contribution in [2.75, 3.05) is 19.8 Å². The van der Waals surface area contributed by atoms with E-state index >= 15 is 0 Å². The summed E-state index contributed by atoms with van der Waals surface area (Å²) >= 11 is 0. The van der Waals surface area contributed by atoms with E-state index in [0.717, 1.165) is 41.7 Å². The molecule has 2 aromatic carbocycles. The largest absolute Gasteiger partial charge is 0.493 e. The zero-order chi connectivity index (χ0) is 24.1. The van der Waals surface area contributed by atoms with Crippen LogP contribution in [0.15, 0.2) is 36.4 Å². The molecule has 0 radical (unpaired) electrons. The molecule has 0 amide bonds. The Morgan fingerprint density at radius 1 is 0.500 bits per heavy atom. The molecule has 2 N–H and O–H groups in total. The molecule has 0 atom stereocenters. The highest BCUT2D eigenvalue weighted by Crippen LogP contribution is 2.32. The first-order valence-corrected chi connectivity index (χ1v) is 14.3. The zero-order valence-corrected chi connectivity index (χ0v) is 22.0. The third kappa shape index (κ3) is 12.1. The van der Waals surface area contributed by atoms with Crippen molar-refractivity contribution in [3.63, 3.8) is 0 Å². The van der Waals surface area contributed by atoms with Gasteiger partial charge in [0.25, 0.3) is 0 Å². The first-order chi connectivity index (χ1) is 16.9. The van der Waals surface area contributed by atoms with Crippen molar-refractivity contribution < 1.29 is 9.47 Å². The Labute approximate surface area is 209 Å². The lowest BCUT2D eigenvalue weighted by Gasteiger charge is -2.13. The van der Waals surface area contributed by atoms with Gasteiger partial charge in [0, 0.05) is 10.8 Å². The number of ether oxygens (including phenoxy) is 2. The van der Waals surface area contributed by atoms with Crippen LogP contribution in [-0.2, 0) is 0 Å². The maximum Gasteiger partial charge on any atom is 0.127 e. The molecule has 0 fully saturated rings. The van der Waals surface area contributed by atoms with Crippen molar-refractivity contribution in [1.29, 1.82) is 0 Å². The molecule has 0 saturated heterocycles. The predicted molar refractivity (Wildman–Crippen MR) is 148 cm³/mol. The molecule has 0 aliphatic carbocycles. The second kappa shape index (κ2) is 19.6. The van der Waals surface area contributed by atoms with Crippen LogP contribution in [0, 0.1) is 0 Å². The van der Waals surface area contributed by atoms with Gasteiger partial charge >= 0.3 is 0 Å². The Hall–Kier alpha value is -1.74. The van der Waals surface area contributed by atoms with Crippen LogP contribution in [0.25, 0.3) is 10.8 Å². The van der Waals surface area contributed by atoms with E-state index in [0.29, 0.717) is 13.2 Å². The minimum Gasteiger partial charge on any atom is -0.493 e. The van der Waals surface area contributed by atoms with Crippen LogP contribution in [-0.4, -0.2) is 19.8 Å². The molecule has 34 heavy (non-hydrogen) atoms. The number of fused-ring (bicyclic) bond motifs is 1. The lowest BCUT2D eigenvalue weighted by atomic mass is 10.0. The fourth-order valence-electron chi connectivity index (χ4n) is 4.60. The summed E-state index contributed by atoms with van der Waals surface area (Å²) in [5.74, 6) is 1.88. The summed E-state index contributed by atoms with van der Waals surface area (Å²) < 4.78 is 12.1. The maximum absolute atomic E-state index is 6.14. The molecule has 3 nitrogen and oxygen atoms in total. The Kier molecular flexibility index (Phi) is 16.4. The topological polar surface area (TPSA) is 44.5 Å². The van der Waals surface area contributed by atoms with Gasteiger partial charge < -0.3 is 15.2 Å². The van der Waals surface area contributed by atoms with Crippen molar-refractivity contribution in [1.82, 2.24) is 0 Å². The zero-order valence-electron chi connectivity index (χ0n) is 22.0. The van der Waals surface area contributed by atoms with Gasteiger partial charge in [-0.2, -0.15) is 0 Å². The first kappa shape index (κ1) is 28.5. The van der Waals surface area contributed by atoms with E-state index in [2.05, 4.69) is 31.2 Å². The van der Waals surface area contributed by atoms with Crippen LogP contribution < -0.4 is 15.2 Å². The highest BCUT2D eigenvalue weighted by Gasteiger charge is 2.07. The third-order valence-electron chi connectivity index (χ3n) is 6.70. The molecule has 0 spiro atoms. The van der Waals surface area contributed by atoms with Crippen LogP contribution in [0.1, 0.15) is 116 Å². The SMILES string of the molecule is CCCCCCCCCCCCCCCCCCOc1cccc2c(OCCCN)cccc12. The van der Waals surface area contributed by atoms with Crippen molar-refractivity contribution >= 4 is 10.8 Å². The van der Waals surface area contributed by atoms with Crippen molar-refractivity contribution in [2.45, 2.75) is 116 Å².